The molecule has 27 heavy (non-hydrogen) atoms. The molecule has 142 valence electrons. The molecule has 0 saturated carbocycles. The van der Waals surface area contributed by atoms with Gasteiger partial charge in [0.1, 0.15) is 10.5 Å². The number of amides is 2. The minimum Gasteiger partial charge on any atom is -0.345 e. The van der Waals surface area contributed by atoms with Crippen molar-refractivity contribution in [3.8, 4) is 0 Å². The van der Waals surface area contributed by atoms with E-state index in [0.29, 0.717) is 15.9 Å². The first kappa shape index (κ1) is 19.3. The van der Waals surface area contributed by atoms with Gasteiger partial charge in [-0.3, -0.25) is 29.8 Å². The first-order chi connectivity index (χ1) is 12.8. The lowest BCUT2D eigenvalue weighted by molar-refractivity contribution is -0.122. The Hall–Kier alpha value is -2.46. The second-order valence-electron chi connectivity index (χ2n) is 6.11. The molecule has 0 aliphatic rings. The molecule has 0 aliphatic heterocycles. The zero-order chi connectivity index (χ0) is 19.7. The molecule has 0 unspecified atom stereocenters. The summed E-state index contributed by atoms with van der Waals surface area (Å²) in [5, 5.41) is 0.600. The summed E-state index contributed by atoms with van der Waals surface area (Å²) in [6, 6.07) is 1.65. The first-order valence-electron chi connectivity index (χ1n) is 8.14. The monoisotopic (exact) mass is 451 g/mol. The molecule has 0 fully saturated rings. The van der Waals surface area contributed by atoms with Crippen LogP contribution in [0.1, 0.15) is 27.3 Å². The number of halogens is 1. The van der Waals surface area contributed by atoms with Gasteiger partial charge in [-0.2, -0.15) is 0 Å². The van der Waals surface area contributed by atoms with Crippen molar-refractivity contribution in [1.29, 1.82) is 0 Å². The third-order valence-corrected chi connectivity index (χ3v) is 5.80. The summed E-state index contributed by atoms with van der Waals surface area (Å²) >= 11 is 4.77. The van der Waals surface area contributed by atoms with E-state index in [4.69, 9.17) is 0 Å². The number of hydrazine groups is 1. The minimum atomic E-state index is -0.429. The Morgan fingerprint density at radius 2 is 2.04 bits per heavy atom. The van der Waals surface area contributed by atoms with E-state index < -0.39 is 11.8 Å². The highest BCUT2D eigenvalue weighted by Gasteiger charge is 2.14. The van der Waals surface area contributed by atoms with Crippen molar-refractivity contribution in [2.75, 3.05) is 0 Å². The molecular formula is C17H18BrN5O3S. The largest absolute Gasteiger partial charge is 0.345 e. The number of rotatable bonds is 4. The highest BCUT2D eigenvalue weighted by atomic mass is 79.9. The number of aryl methyl sites for hydroxylation is 4. The fourth-order valence-corrected chi connectivity index (χ4v) is 4.17. The number of fused-ring (bicyclic) bond motifs is 1. The lowest BCUT2D eigenvalue weighted by atomic mass is 10.2. The fourth-order valence-electron chi connectivity index (χ4n) is 2.65. The Bertz CT molecular complexity index is 1100. The van der Waals surface area contributed by atoms with Gasteiger partial charge in [-0.25, -0.2) is 4.98 Å². The van der Waals surface area contributed by atoms with Crippen LogP contribution in [0.5, 0.6) is 0 Å². The molecule has 8 nitrogen and oxygen atoms in total. The van der Waals surface area contributed by atoms with Gasteiger partial charge in [0.2, 0.25) is 5.91 Å². The molecule has 0 bridgehead atoms. The van der Waals surface area contributed by atoms with E-state index in [9.17, 15) is 14.4 Å². The lowest BCUT2D eigenvalue weighted by Gasteiger charge is -2.09. The number of carbonyl (C=O) groups is 2. The van der Waals surface area contributed by atoms with Crippen molar-refractivity contribution in [2.45, 2.75) is 26.8 Å². The van der Waals surface area contributed by atoms with Gasteiger partial charge < -0.3 is 4.57 Å². The summed E-state index contributed by atoms with van der Waals surface area (Å²) < 4.78 is 3.82. The number of hydrogen-bond acceptors (Lipinski definition) is 5. The molecule has 0 atom stereocenters. The van der Waals surface area contributed by atoms with Gasteiger partial charge in [0.25, 0.3) is 11.5 Å². The smallest absolute Gasteiger partial charge is 0.286 e. The van der Waals surface area contributed by atoms with E-state index >= 15 is 0 Å². The van der Waals surface area contributed by atoms with Gasteiger partial charge in [0, 0.05) is 35.6 Å². The minimum absolute atomic E-state index is 0.0341. The number of thiophene rings is 1. The first-order valence-corrected chi connectivity index (χ1v) is 9.75. The third kappa shape index (κ3) is 3.96. The van der Waals surface area contributed by atoms with E-state index in [1.165, 1.54) is 22.2 Å². The van der Waals surface area contributed by atoms with Crippen molar-refractivity contribution in [1.82, 2.24) is 25.0 Å². The molecule has 0 radical (unpaired) electrons. The van der Waals surface area contributed by atoms with Crippen LogP contribution in [-0.2, 0) is 18.4 Å². The van der Waals surface area contributed by atoms with E-state index in [1.807, 2.05) is 13.8 Å². The van der Waals surface area contributed by atoms with Crippen LogP contribution in [-0.4, -0.2) is 25.9 Å². The van der Waals surface area contributed by atoms with Gasteiger partial charge in [-0.05, 0) is 41.4 Å². The third-order valence-electron chi connectivity index (χ3n) is 4.26. The average molecular weight is 452 g/mol. The lowest BCUT2D eigenvalue weighted by Crippen LogP contribution is -2.42. The fraction of sp³-hybridized carbons (Fsp3) is 0.294. The van der Waals surface area contributed by atoms with Crippen LogP contribution < -0.4 is 16.4 Å². The van der Waals surface area contributed by atoms with Crippen molar-refractivity contribution in [3.63, 3.8) is 0 Å². The molecule has 2 N–H and O–H groups in total. The normalized spacial score (nSPS) is 11.0. The molecule has 0 spiro atoms. The maximum absolute atomic E-state index is 12.6. The molecule has 2 amide bonds. The molecule has 3 heterocycles. The van der Waals surface area contributed by atoms with Gasteiger partial charge in [0.15, 0.2) is 0 Å². The molecule has 0 aromatic carbocycles. The second kappa shape index (κ2) is 7.65. The molecule has 3 rings (SSSR count). The second-order valence-corrected chi connectivity index (χ2v) is 8.23. The Balaban J connectivity index is 1.61. The molecule has 0 saturated heterocycles. The van der Waals surface area contributed by atoms with Crippen LogP contribution >= 0.6 is 27.3 Å². The summed E-state index contributed by atoms with van der Waals surface area (Å²) in [5.74, 6) is -0.831. The molecule has 10 heteroatoms. The van der Waals surface area contributed by atoms with E-state index in [0.717, 1.165) is 14.9 Å². The van der Waals surface area contributed by atoms with E-state index in [1.54, 1.807) is 23.9 Å². The summed E-state index contributed by atoms with van der Waals surface area (Å²) in [4.78, 5) is 42.7. The molecular weight excluding hydrogens is 434 g/mol. The SMILES string of the molecule is Cc1sc2ncn(CCC(=O)NNC(=O)c3cc(Br)cn3C)c(=O)c2c1C. The number of hydrogen-bond donors (Lipinski definition) is 2. The van der Waals surface area contributed by atoms with Gasteiger partial charge in [0.05, 0.1) is 11.7 Å². The Kier molecular flexibility index (Phi) is 5.47. The van der Waals surface area contributed by atoms with Gasteiger partial charge in [-0.15, -0.1) is 11.3 Å². The van der Waals surface area contributed by atoms with Crippen LogP contribution in [0.25, 0.3) is 10.2 Å². The van der Waals surface area contributed by atoms with Crippen LogP contribution in [0, 0.1) is 13.8 Å². The summed E-state index contributed by atoms with van der Waals surface area (Å²) in [6.07, 6.45) is 3.22. The van der Waals surface area contributed by atoms with Crippen molar-refractivity contribution in [2.24, 2.45) is 7.05 Å². The number of carbonyl (C=O) groups excluding carboxylic acids is 2. The summed E-state index contributed by atoms with van der Waals surface area (Å²) in [7, 11) is 1.73. The standard InChI is InChI=1S/C17H18BrN5O3S/c1-9-10(2)27-16-14(9)17(26)23(8-19-16)5-4-13(24)20-21-15(25)12-6-11(18)7-22(12)3/h6-8H,4-5H2,1-3H3,(H,20,24)(H,21,25). The molecule has 0 aliphatic carbocycles. The zero-order valence-corrected chi connectivity index (χ0v) is 17.4. The maximum atomic E-state index is 12.6. The molecule has 3 aromatic heterocycles. The summed E-state index contributed by atoms with van der Waals surface area (Å²) in [6.45, 7) is 4.02. The van der Waals surface area contributed by atoms with Crippen LogP contribution in [0.15, 0.2) is 27.9 Å². The number of nitrogens with zero attached hydrogens (tertiary/aromatic N) is 3. The van der Waals surface area contributed by atoms with E-state index in [2.05, 4.69) is 31.8 Å². The average Bonchev–Trinajstić information content (AvgIpc) is 3.11. The van der Waals surface area contributed by atoms with Gasteiger partial charge in [-0.1, -0.05) is 0 Å². The van der Waals surface area contributed by atoms with Crippen molar-refractivity contribution < 1.29 is 9.59 Å². The topological polar surface area (TPSA) is 98.0 Å². The summed E-state index contributed by atoms with van der Waals surface area (Å²) in [5.41, 5.74) is 5.89. The predicted molar refractivity (Wildman–Crippen MR) is 107 cm³/mol. The molecule has 3 aromatic rings. The van der Waals surface area contributed by atoms with Gasteiger partial charge >= 0.3 is 0 Å². The Morgan fingerprint density at radius 1 is 1.30 bits per heavy atom. The highest BCUT2D eigenvalue weighted by Crippen LogP contribution is 2.25. The Morgan fingerprint density at radius 3 is 2.70 bits per heavy atom. The van der Waals surface area contributed by atoms with Crippen LogP contribution in [0.3, 0.4) is 0 Å². The predicted octanol–water partition coefficient (Wildman–Crippen LogP) is 2.03. The maximum Gasteiger partial charge on any atom is 0.286 e. The van der Waals surface area contributed by atoms with E-state index in [-0.39, 0.29) is 18.5 Å². The zero-order valence-electron chi connectivity index (χ0n) is 15.0. The van der Waals surface area contributed by atoms with Crippen molar-refractivity contribution >= 4 is 49.3 Å². The number of nitrogens with one attached hydrogen (secondary N) is 2. The van der Waals surface area contributed by atoms with Crippen molar-refractivity contribution in [3.05, 3.63) is 49.6 Å². The quantitative estimate of drug-likeness (QED) is 0.592. The van der Waals surface area contributed by atoms with Crippen LogP contribution in [0.4, 0.5) is 0 Å². The Labute approximate surface area is 167 Å². The van der Waals surface area contributed by atoms with Crippen LogP contribution in [0.2, 0.25) is 0 Å². The highest BCUT2D eigenvalue weighted by molar-refractivity contribution is 9.10. The number of aromatic nitrogens is 3.